The van der Waals surface area contributed by atoms with Crippen LogP contribution in [0.4, 0.5) is 5.69 Å². The monoisotopic (exact) mass is 276 g/mol. The molecule has 0 bridgehead atoms. The van der Waals surface area contributed by atoms with E-state index in [1.54, 1.807) is 12.1 Å². The minimum atomic E-state index is -0.164. The number of benzene rings is 1. The first-order valence-corrected chi connectivity index (χ1v) is 6.33. The van der Waals surface area contributed by atoms with E-state index in [2.05, 4.69) is 20.6 Å². The van der Waals surface area contributed by atoms with Crippen molar-refractivity contribution in [1.82, 2.24) is 15.3 Å². The number of nitrogens with one attached hydrogen (secondary N) is 3. The number of aromatic nitrogens is 2. The van der Waals surface area contributed by atoms with Gasteiger partial charge in [-0.05, 0) is 51.2 Å². The number of rotatable bonds is 1. The standard InChI is InChI=1S/C13H16N4OS/c1-13(2,3)17-12(19)16-8-4-5-10-9(6-8)11(18)15-7-14-10/h4-7H,1-3H3,(H,14,15,18)(H2,16,17,19). The van der Waals surface area contributed by atoms with Crippen LogP contribution in [0, 0.1) is 0 Å². The van der Waals surface area contributed by atoms with Gasteiger partial charge in [-0.25, -0.2) is 4.98 Å². The maximum Gasteiger partial charge on any atom is 0.258 e. The molecule has 0 aliphatic rings. The molecule has 19 heavy (non-hydrogen) atoms. The highest BCUT2D eigenvalue weighted by Crippen LogP contribution is 2.14. The lowest BCUT2D eigenvalue weighted by atomic mass is 10.1. The molecule has 6 heteroatoms. The zero-order valence-corrected chi connectivity index (χ0v) is 11.9. The molecule has 0 aliphatic heterocycles. The molecule has 1 aromatic heterocycles. The van der Waals surface area contributed by atoms with E-state index in [0.29, 0.717) is 16.0 Å². The Balaban J connectivity index is 2.25. The van der Waals surface area contributed by atoms with Gasteiger partial charge in [-0.15, -0.1) is 0 Å². The zero-order valence-electron chi connectivity index (χ0n) is 11.1. The molecule has 3 N–H and O–H groups in total. The summed E-state index contributed by atoms with van der Waals surface area (Å²) < 4.78 is 0. The summed E-state index contributed by atoms with van der Waals surface area (Å²) in [6.07, 6.45) is 1.39. The molecule has 1 aromatic carbocycles. The van der Waals surface area contributed by atoms with Gasteiger partial charge in [0.25, 0.3) is 5.56 Å². The van der Waals surface area contributed by atoms with E-state index >= 15 is 0 Å². The normalized spacial score (nSPS) is 11.3. The van der Waals surface area contributed by atoms with Crippen molar-refractivity contribution in [2.75, 3.05) is 5.32 Å². The van der Waals surface area contributed by atoms with Gasteiger partial charge in [-0.3, -0.25) is 4.79 Å². The molecule has 5 nitrogen and oxygen atoms in total. The minimum absolute atomic E-state index is 0.111. The van der Waals surface area contributed by atoms with Gasteiger partial charge >= 0.3 is 0 Å². The van der Waals surface area contributed by atoms with Crippen LogP contribution in [0.1, 0.15) is 20.8 Å². The lowest BCUT2D eigenvalue weighted by Gasteiger charge is -2.23. The molecule has 0 saturated heterocycles. The fraction of sp³-hybridized carbons (Fsp3) is 0.308. The Morgan fingerprint density at radius 1 is 1.37 bits per heavy atom. The number of hydrogen-bond donors (Lipinski definition) is 3. The Hall–Kier alpha value is -1.95. The highest BCUT2D eigenvalue weighted by atomic mass is 32.1. The van der Waals surface area contributed by atoms with Gasteiger partial charge in [0, 0.05) is 11.2 Å². The van der Waals surface area contributed by atoms with Gasteiger partial charge in [0.15, 0.2) is 5.11 Å². The van der Waals surface area contributed by atoms with E-state index in [0.717, 1.165) is 5.69 Å². The summed E-state index contributed by atoms with van der Waals surface area (Å²) in [4.78, 5) is 18.3. The summed E-state index contributed by atoms with van der Waals surface area (Å²) in [6, 6.07) is 5.36. The summed E-state index contributed by atoms with van der Waals surface area (Å²) in [7, 11) is 0. The van der Waals surface area contributed by atoms with Crippen LogP contribution in [-0.4, -0.2) is 20.6 Å². The SMILES string of the molecule is CC(C)(C)NC(=S)Nc1ccc2nc[nH]c(=O)c2c1. The number of aromatic amines is 1. The minimum Gasteiger partial charge on any atom is -0.358 e. The van der Waals surface area contributed by atoms with Crippen molar-refractivity contribution in [3.63, 3.8) is 0 Å². The Labute approximate surface area is 116 Å². The number of thiocarbonyl (C=S) groups is 1. The fourth-order valence-corrected chi connectivity index (χ4v) is 2.07. The van der Waals surface area contributed by atoms with Crippen LogP contribution in [0.25, 0.3) is 10.9 Å². The molecule has 0 amide bonds. The van der Waals surface area contributed by atoms with E-state index in [9.17, 15) is 4.79 Å². The smallest absolute Gasteiger partial charge is 0.258 e. The van der Waals surface area contributed by atoms with Crippen LogP contribution in [0.2, 0.25) is 0 Å². The van der Waals surface area contributed by atoms with Crippen LogP contribution < -0.4 is 16.2 Å². The quantitative estimate of drug-likeness (QED) is 0.695. The Bertz CT molecular complexity index is 672. The second-order valence-electron chi connectivity index (χ2n) is 5.29. The third kappa shape index (κ3) is 3.51. The van der Waals surface area contributed by atoms with Crippen LogP contribution in [0.3, 0.4) is 0 Å². The van der Waals surface area contributed by atoms with Crippen LogP contribution in [0.15, 0.2) is 29.3 Å². The first-order valence-electron chi connectivity index (χ1n) is 5.92. The molecule has 0 aliphatic carbocycles. The third-order valence-electron chi connectivity index (χ3n) is 2.39. The summed E-state index contributed by atoms with van der Waals surface area (Å²) in [5.74, 6) is 0. The average Bonchev–Trinajstić information content (AvgIpc) is 2.27. The van der Waals surface area contributed by atoms with Crippen LogP contribution in [0.5, 0.6) is 0 Å². The Morgan fingerprint density at radius 2 is 2.11 bits per heavy atom. The predicted octanol–water partition coefficient (Wildman–Crippen LogP) is 2.01. The Kier molecular flexibility index (Phi) is 3.53. The maximum absolute atomic E-state index is 11.7. The zero-order chi connectivity index (χ0) is 14.0. The predicted molar refractivity (Wildman–Crippen MR) is 81.5 cm³/mol. The maximum atomic E-state index is 11.7. The van der Waals surface area contributed by atoms with Crippen molar-refractivity contribution in [3.8, 4) is 0 Å². The average molecular weight is 276 g/mol. The van der Waals surface area contributed by atoms with Crippen molar-refractivity contribution in [3.05, 3.63) is 34.9 Å². The van der Waals surface area contributed by atoms with E-state index in [1.807, 2.05) is 26.8 Å². The second kappa shape index (κ2) is 4.97. The molecule has 0 fully saturated rings. The number of fused-ring (bicyclic) bond motifs is 1. The van der Waals surface area contributed by atoms with E-state index in [1.165, 1.54) is 6.33 Å². The van der Waals surface area contributed by atoms with Crippen molar-refractivity contribution in [1.29, 1.82) is 0 Å². The first kappa shape index (κ1) is 13.5. The molecule has 0 atom stereocenters. The van der Waals surface area contributed by atoms with Crippen molar-refractivity contribution in [2.24, 2.45) is 0 Å². The molecule has 1 heterocycles. The van der Waals surface area contributed by atoms with Gasteiger partial charge < -0.3 is 15.6 Å². The molecule has 100 valence electrons. The first-order chi connectivity index (χ1) is 8.85. The van der Waals surface area contributed by atoms with Gasteiger partial charge in [0.2, 0.25) is 0 Å². The van der Waals surface area contributed by atoms with Crippen molar-refractivity contribution >= 4 is 33.9 Å². The molecule has 2 rings (SSSR count). The van der Waals surface area contributed by atoms with Crippen molar-refractivity contribution < 1.29 is 0 Å². The molecule has 0 spiro atoms. The van der Waals surface area contributed by atoms with Crippen molar-refractivity contribution in [2.45, 2.75) is 26.3 Å². The topological polar surface area (TPSA) is 69.8 Å². The molecule has 0 radical (unpaired) electrons. The Morgan fingerprint density at radius 3 is 2.79 bits per heavy atom. The third-order valence-corrected chi connectivity index (χ3v) is 2.59. The molecular weight excluding hydrogens is 260 g/mol. The summed E-state index contributed by atoms with van der Waals surface area (Å²) >= 11 is 5.22. The lowest BCUT2D eigenvalue weighted by Crippen LogP contribution is -2.42. The van der Waals surface area contributed by atoms with E-state index < -0.39 is 0 Å². The molecule has 2 aromatic rings. The highest BCUT2D eigenvalue weighted by molar-refractivity contribution is 7.80. The number of nitrogens with zero attached hydrogens (tertiary/aromatic N) is 1. The largest absolute Gasteiger partial charge is 0.358 e. The summed E-state index contributed by atoms with van der Waals surface area (Å²) in [6.45, 7) is 6.07. The highest BCUT2D eigenvalue weighted by Gasteiger charge is 2.11. The van der Waals surface area contributed by atoms with Crippen LogP contribution >= 0.6 is 12.2 Å². The molecular formula is C13H16N4OS. The lowest BCUT2D eigenvalue weighted by molar-refractivity contribution is 0.515. The van der Waals surface area contributed by atoms with Gasteiger partial charge in [-0.2, -0.15) is 0 Å². The fourth-order valence-electron chi connectivity index (χ4n) is 1.65. The molecule has 0 saturated carbocycles. The van der Waals surface area contributed by atoms with E-state index in [-0.39, 0.29) is 11.1 Å². The van der Waals surface area contributed by atoms with Gasteiger partial charge in [0.1, 0.15) is 0 Å². The van der Waals surface area contributed by atoms with Crippen LogP contribution in [-0.2, 0) is 0 Å². The number of anilines is 1. The molecule has 0 unspecified atom stereocenters. The summed E-state index contributed by atoms with van der Waals surface area (Å²) in [5, 5.41) is 7.26. The second-order valence-corrected chi connectivity index (χ2v) is 5.70. The summed E-state index contributed by atoms with van der Waals surface area (Å²) in [5.41, 5.74) is 1.14. The van der Waals surface area contributed by atoms with E-state index in [4.69, 9.17) is 12.2 Å². The number of H-pyrrole nitrogens is 1. The van der Waals surface area contributed by atoms with Gasteiger partial charge in [-0.1, -0.05) is 0 Å². The van der Waals surface area contributed by atoms with Gasteiger partial charge in [0.05, 0.1) is 17.2 Å². The number of hydrogen-bond acceptors (Lipinski definition) is 3.